The maximum absolute atomic E-state index is 12.5. The lowest BCUT2D eigenvalue weighted by Crippen LogP contribution is -2.30. The Hall–Kier alpha value is -2.71. The standard InChI is InChI=1S/C20H25N3O4S/c1-23(11-14-8-9-15(26-2)10-17(14)27-3)12-20(25)22-16-6-4-5-7-18(16)28-13-19(21)24/h4-10H,11-13H2,1-3H3,(H2,21,24)(H,22,25). The number of anilines is 1. The molecule has 0 bridgehead atoms. The number of amides is 2. The molecule has 0 aliphatic rings. The number of nitrogens with zero attached hydrogens (tertiary/aromatic N) is 1. The van der Waals surface area contributed by atoms with Crippen LogP contribution in [0.4, 0.5) is 5.69 Å². The Labute approximate surface area is 169 Å². The fourth-order valence-electron chi connectivity index (χ4n) is 2.61. The highest BCUT2D eigenvalue weighted by molar-refractivity contribution is 8.00. The third-order valence-electron chi connectivity index (χ3n) is 3.88. The van der Waals surface area contributed by atoms with Gasteiger partial charge in [0.2, 0.25) is 11.8 Å². The van der Waals surface area contributed by atoms with Gasteiger partial charge in [0.1, 0.15) is 11.5 Å². The van der Waals surface area contributed by atoms with E-state index in [9.17, 15) is 9.59 Å². The molecule has 0 spiro atoms. The number of ether oxygens (including phenoxy) is 2. The largest absolute Gasteiger partial charge is 0.497 e. The summed E-state index contributed by atoms with van der Waals surface area (Å²) in [5, 5.41) is 2.89. The molecule has 2 aromatic carbocycles. The van der Waals surface area contributed by atoms with Crippen molar-refractivity contribution in [3.05, 3.63) is 48.0 Å². The van der Waals surface area contributed by atoms with Gasteiger partial charge in [0.25, 0.3) is 0 Å². The Kier molecular flexibility index (Phi) is 8.16. The Morgan fingerprint density at radius 2 is 1.89 bits per heavy atom. The summed E-state index contributed by atoms with van der Waals surface area (Å²) in [4.78, 5) is 26.1. The summed E-state index contributed by atoms with van der Waals surface area (Å²) in [5.41, 5.74) is 6.82. The van der Waals surface area contributed by atoms with Crippen LogP contribution >= 0.6 is 11.8 Å². The van der Waals surface area contributed by atoms with Gasteiger partial charge in [-0.25, -0.2) is 0 Å². The molecule has 2 aromatic rings. The highest BCUT2D eigenvalue weighted by atomic mass is 32.2. The Balaban J connectivity index is 1.97. The van der Waals surface area contributed by atoms with Crippen LogP contribution in [-0.2, 0) is 16.1 Å². The van der Waals surface area contributed by atoms with E-state index in [4.69, 9.17) is 15.2 Å². The van der Waals surface area contributed by atoms with Gasteiger partial charge in [-0.05, 0) is 25.2 Å². The van der Waals surface area contributed by atoms with Gasteiger partial charge in [-0.15, -0.1) is 11.8 Å². The average Bonchev–Trinajstić information content (AvgIpc) is 2.67. The van der Waals surface area contributed by atoms with Crippen molar-refractivity contribution in [1.29, 1.82) is 0 Å². The molecule has 3 N–H and O–H groups in total. The second-order valence-corrected chi connectivity index (χ2v) is 7.17. The van der Waals surface area contributed by atoms with Crippen molar-refractivity contribution in [3.8, 4) is 11.5 Å². The summed E-state index contributed by atoms with van der Waals surface area (Å²) < 4.78 is 10.6. The minimum absolute atomic E-state index is 0.151. The van der Waals surface area contributed by atoms with E-state index in [1.54, 1.807) is 20.3 Å². The number of methoxy groups -OCH3 is 2. The number of hydrogen-bond acceptors (Lipinski definition) is 6. The predicted molar refractivity (Wildman–Crippen MR) is 111 cm³/mol. The number of rotatable bonds is 10. The van der Waals surface area contributed by atoms with E-state index >= 15 is 0 Å². The first-order valence-corrected chi connectivity index (χ1v) is 9.61. The Bertz CT molecular complexity index is 829. The highest BCUT2D eigenvalue weighted by Crippen LogP contribution is 2.27. The molecule has 2 amide bonds. The number of nitrogens with one attached hydrogen (secondary N) is 1. The Morgan fingerprint density at radius 3 is 2.57 bits per heavy atom. The van der Waals surface area contributed by atoms with Crippen molar-refractivity contribution in [3.63, 3.8) is 0 Å². The van der Waals surface area contributed by atoms with Gasteiger partial charge in [-0.3, -0.25) is 14.5 Å². The van der Waals surface area contributed by atoms with Crippen LogP contribution in [0, 0.1) is 0 Å². The van der Waals surface area contributed by atoms with Crippen LogP contribution in [0.15, 0.2) is 47.4 Å². The van der Waals surface area contributed by atoms with Crippen molar-refractivity contribution in [2.75, 3.05) is 38.9 Å². The summed E-state index contributed by atoms with van der Waals surface area (Å²) in [6, 6.07) is 12.9. The molecule has 28 heavy (non-hydrogen) atoms. The zero-order valence-electron chi connectivity index (χ0n) is 16.2. The normalized spacial score (nSPS) is 10.6. The van der Waals surface area contributed by atoms with E-state index in [2.05, 4.69) is 5.32 Å². The molecule has 2 rings (SSSR count). The molecule has 0 fully saturated rings. The van der Waals surface area contributed by atoms with E-state index in [-0.39, 0.29) is 18.2 Å². The third kappa shape index (κ3) is 6.47. The van der Waals surface area contributed by atoms with E-state index < -0.39 is 5.91 Å². The van der Waals surface area contributed by atoms with Gasteiger partial charge in [0, 0.05) is 23.1 Å². The maximum atomic E-state index is 12.5. The summed E-state index contributed by atoms with van der Waals surface area (Å²) in [6.07, 6.45) is 0. The van der Waals surface area contributed by atoms with Crippen LogP contribution in [0.25, 0.3) is 0 Å². The number of benzene rings is 2. The molecule has 0 aliphatic carbocycles. The van der Waals surface area contributed by atoms with E-state index in [0.29, 0.717) is 23.7 Å². The molecule has 0 saturated carbocycles. The SMILES string of the molecule is COc1ccc(CN(C)CC(=O)Nc2ccccc2SCC(N)=O)c(OC)c1. The van der Waals surface area contributed by atoms with Crippen LogP contribution in [0.2, 0.25) is 0 Å². The fourth-order valence-corrected chi connectivity index (χ4v) is 3.36. The van der Waals surface area contributed by atoms with Crippen molar-refractivity contribution in [2.45, 2.75) is 11.4 Å². The first-order valence-electron chi connectivity index (χ1n) is 8.62. The minimum atomic E-state index is -0.403. The number of para-hydroxylation sites is 1. The van der Waals surface area contributed by atoms with Crippen LogP contribution in [0.3, 0.4) is 0 Å². The monoisotopic (exact) mass is 403 g/mol. The highest BCUT2D eigenvalue weighted by Gasteiger charge is 2.13. The summed E-state index contributed by atoms with van der Waals surface area (Å²) in [6.45, 7) is 0.739. The molecule has 150 valence electrons. The molecule has 0 atom stereocenters. The molecule has 7 nitrogen and oxygen atoms in total. The third-order valence-corrected chi connectivity index (χ3v) is 4.97. The molecule has 0 unspecified atom stereocenters. The summed E-state index contributed by atoms with van der Waals surface area (Å²) in [5.74, 6) is 1.02. The lowest BCUT2D eigenvalue weighted by molar-refractivity contribution is -0.117. The maximum Gasteiger partial charge on any atom is 0.238 e. The fraction of sp³-hybridized carbons (Fsp3) is 0.300. The van der Waals surface area contributed by atoms with Gasteiger partial charge in [-0.1, -0.05) is 18.2 Å². The molecular formula is C20H25N3O4S. The number of primary amides is 1. The first-order chi connectivity index (χ1) is 13.4. The van der Waals surface area contributed by atoms with Gasteiger partial charge >= 0.3 is 0 Å². The predicted octanol–water partition coefficient (Wildman–Crippen LogP) is 2.35. The smallest absolute Gasteiger partial charge is 0.238 e. The van der Waals surface area contributed by atoms with Crippen molar-refractivity contribution in [1.82, 2.24) is 4.90 Å². The topological polar surface area (TPSA) is 93.9 Å². The zero-order valence-corrected chi connectivity index (χ0v) is 17.0. The molecule has 0 aromatic heterocycles. The van der Waals surface area contributed by atoms with Crippen LogP contribution < -0.4 is 20.5 Å². The van der Waals surface area contributed by atoms with E-state index in [1.807, 2.05) is 48.3 Å². The number of carbonyl (C=O) groups is 2. The number of carbonyl (C=O) groups excluding carboxylic acids is 2. The van der Waals surface area contributed by atoms with Crippen LogP contribution in [-0.4, -0.2) is 50.3 Å². The van der Waals surface area contributed by atoms with Gasteiger partial charge in [0.05, 0.1) is 32.2 Å². The molecule has 0 aliphatic heterocycles. The number of thioether (sulfide) groups is 1. The van der Waals surface area contributed by atoms with Gasteiger partial charge < -0.3 is 20.5 Å². The van der Waals surface area contributed by atoms with Gasteiger partial charge in [-0.2, -0.15) is 0 Å². The molecule has 0 radical (unpaired) electrons. The Morgan fingerprint density at radius 1 is 1.14 bits per heavy atom. The lowest BCUT2D eigenvalue weighted by Gasteiger charge is -2.19. The van der Waals surface area contributed by atoms with Crippen LogP contribution in [0.5, 0.6) is 11.5 Å². The quantitative estimate of drug-likeness (QED) is 0.592. The zero-order chi connectivity index (χ0) is 20.5. The second kappa shape index (κ2) is 10.6. The first kappa shape index (κ1) is 21.6. The van der Waals surface area contributed by atoms with E-state index in [0.717, 1.165) is 10.5 Å². The number of nitrogens with two attached hydrogens (primary N) is 1. The molecular weight excluding hydrogens is 378 g/mol. The average molecular weight is 404 g/mol. The molecule has 8 heteroatoms. The number of likely N-dealkylation sites (N-methyl/N-ethyl adjacent to an activating group) is 1. The van der Waals surface area contributed by atoms with Crippen LogP contribution in [0.1, 0.15) is 5.56 Å². The van der Waals surface area contributed by atoms with E-state index in [1.165, 1.54) is 11.8 Å². The number of hydrogen-bond donors (Lipinski definition) is 2. The summed E-state index contributed by atoms with van der Waals surface area (Å²) in [7, 11) is 5.06. The minimum Gasteiger partial charge on any atom is -0.497 e. The van der Waals surface area contributed by atoms with Gasteiger partial charge in [0.15, 0.2) is 0 Å². The van der Waals surface area contributed by atoms with Crippen molar-refractivity contribution >= 4 is 29.3 Å². The van der Waals surface area contributed by atoms with Crippen molar-refractivity contribution in [2.24, 2.45) is 5.73 Å². The molecule has 0 saturated heterocycles. The molecule has 0 heterocycles. The van der Waals surface area contributed by atoms with Crippen molar-refractivity contribution < 1.29 is 19.1 Å². The lowest BCUT2D eigenvalue weighted by atomic mass is 10.2. The second-order valence-electron chi connectivity index (χ2n) is 6.15. The summed E-state index contributed by atoms with van der Waals surface area (Å²) >= 11 is 1.30.